The summed E-state index contributed by atoms with van der Waals surface area (Å²) < 4.78 is 4.61. The number of aromatic nitrogens is 1. The monoisotopic (exact) mass is 219 g/mol. The molecular formula is C11H9NO2S. The van der Waals surface area contributed by atoms with Crippen molar-refractivity contribution in [2.24, 2.45) is 0 Å². The second-order valence-corrected chi connectivity index (χ2v) is 3.66. The molecule has 1 aromatic heterocycles. The van der Waals surface area contributed by atoms with E-state index in [2.05, 4.69) is 9.72 Å². The largest absolute Gasteiger partial charge is 0.465 e. The molecule has 15 heavy (non-hydrogen) atoms. The van der Waals surface area contributed by atoms with E-state index in [1.807, 2.05) is 17.5 Å². The average Bonchev–Trinajstić information content (AvgIpc) is 2.82. The summed E-state index contributed by atoms with van der Waals surface area (Å²) in [5, 5.41) is 1.97. The van der Waals surface area contributed by atoms with E-state index < -0.39 is 0 Å². The number of nitrogens with zero attached hydrogens (tertiary/aromatic N) is 1. The van der Waals surface area contributed by atoms with Gasteiger partial charge in [-0.05, 0) is 12.1 Å². The van der Waals surface area contributed by atoms with E-state index >= 15 is 0 Å². The molecule has 0 aliphatic carbocycles. The van der Waals surface area contributed by atoms with E-state index in [1.54, 1.807) is 29.0 Å². The first-order valence-corrected chi connectivity index (χ1v) is 5.32. The molecule has 3 nitrogen and oxygen atoms in total. The molecule has 1 aromatic carbocycles. The number of hydrogen-bond acceptors (Lipinski definition) is 4. The lowest BCUT2D eigenvalue weighted by Gasteiger charge is -2.00. The lowest BCUT2D eigenvalue weighted by Crippen LogP contribution is -2.00. The average molecular weight is 219 g/mol. The van der Waals surface area contributed by atoms with Gasteiger partial charge in [-0.1, -0.05) is 12.1 Å². The predicted octanol–water partition coefficient (Wildman–Crippen LogP) is 2.60. The fourth-order valence-electron chi connectivity index (χ4n) is 1.25. The smallest absolute Gasteiger partial charge is 0.337 e. The molecule has 0 bridgehead atoms. The van der Waals surface area contributed by atoms with Gasteiger partial charge in [0.2, 0.25) is 0 Å². The highest BCUT2D eigenvalue weighted by Crippen LogP contribution is 2.19. The minimum Gasteiger partial charge on any atom is -0.465 e. The number of thiazole rings is 1. The number of ether oxygens (including phenoxy) is 1. The highest BCUT2D eigenvalue weighted by Gasteiger charge is 2.05. The minimum absolute atomic E-state index is 0.320. The van der Waals surface area contributed by atoms with Gasteiger partial charge in [0.25, 0.3) is 0 Å². The number of carbonyl (C=O) groups is 1. The number of esters is 1. The van der Waals surface area contributed by atoms with Crippen molar-refractivity contribution in [3.05, 3.63) is 40.7 Å². The van der Waals surface area contributed by atoms with Crippen molar-refractivity contribution in [2.75, 3.05) is 7.11 Å². The molecule has 2 rings (SSSR count). The Kier molecular flexibility index (Phi) is 2.78. The highest BCUT2D eigenvalue weighted by atomic mass is 32.1. The maximum Gasteiger partial charge on any atom is 0.337 e. The van der Waals surface area contributed by atoms with Crippen LogP contribution in [0.1, 0.15) is 10.4 Å². The summed E-state index contributed by atoms with van der Waals surface area (Å²) >= 11 is 1.55. The van der Waals surface area contributed by atoms with Gasteiger partial charge in [-0.3, -0.25) is 0 Å². The fourth-order valence-corrected chi connectivity index (χ4v) is 1.81. The van der Waals surface area contributed by atoms with Gasteiger partial charge in [0.1, 0.15) is 0 Å². The van der Waals surface area contributed by atoms with Crippen LogP contribution in [-0.4, -0.2) is 18.1 Å². The predicted molar refractivity (Wildman–Crippen MR) is 58.9 cm³/mol. The van der Waals surface area contributed by atoms with Crippen LogP contribution in [0.4, 0.5) is 0 Å². The highest BCUT2D eigenvalue weighted by molar-refractivity contribution is 7.07. The maximum absolute atomic E-state index is 11.2. The SMILES string of the molecule is COC(=O)c1ccc(-c2cscn2)cc1. The Morgan fingerprint density at radius 3 is 2.60 bits per heavy atom. The summed E-state index contributed by atoms with van der Waals surface area (Å²) in [6.45, 7) is 0. The van der Waals surface area contributed by atoms with Crippen molar-refractivity contribution in [3.8, 4) is 11.3 Å². The Bertz CT molecular complexity index is 448. The molecule has 76 valence electrons. The van der Waals surface area contributed by atoms with E-state index in [-0.39, 0.29) is 5.97 Å². The van der Waals surface area contributed by atoms with Crippen LogP contribution in [0.2, 0.25) is 0 Å². The minimum atomic E-state index is -0.320. The number of rotatable bonds is 2. The molecule has 0 atom stereocenters. The summed E-state index contributed by atoms with van der Waals surface area (Å²) in [7, 11) is 1.37. The first-order chi connectivity index (χ1) is 7.31. The van der Waals surface area contributed by atoms with E-state index in [0.29, 0.717) is 5.56 Å². The van der Waals surface area contributed by atoms with Crippen LogP contribution in [0.25, 0.3) is 11.3 Å². The van der Waals surface area contributed by atoms with Crippen molar-refractivity contribution >= 4 is 17.3 Å². The zero-order valence-corrected chi connectivity index (χ0v) is 8.95. The van der Waals surface area contributed by atoms with Gasteiger partial charge in [-0.15, -0.1) is 11.3 Å². The first kappa shape index (κ1) is 9.86. The Labute approximate surface area is 91.4 Å². The second kappa shape index (κ2) is 4.23. The van der Waals surface area contributed by atoms with E-state index in [4.69, 9.17) is 0 Å². The Balaban J connectivity index is 2.29. The molecule has 4 heteroatoms. The fraction of sp³-hybridized carbons (Fsp3) is 0.0909. The van der Waals surface area contributed by atoms with Crippen molar-refractivity contribution in [1.82, 2.24) is 4.98 Å². The standard InChI is InChI=1S/C11H9NO2S/c1-14-11(13)9-4-2-8(3-5-9)10-6-15-7-12-10/h2-7H,1H3. The third-order valence-electron chi connectivity index (χ3n) is 2.03. The summed E-state index contributed by atoms with van der Waals surface area (Å²) in [6.07, 6.45) is 0. The van der Waals surface area contributed by atoms with Crippen LogP contribution >= 0.6 is 11.3 Å². The molecule has 0 saturated heterocycles. The van der Waals surface area contributed by atoms with Crippen LogP contribution < -0.4 is 0 Å². The van der Waals surface area contributed by atoms with Gasteiger partial charge in [-0.25, -0.2) is 9.78 Å². The second-order valence-electron chi connectivity index (χ2n) is 2.94. The van der Waals surface area contributed by atoms with Gasteiger partial charge in [0.15, 0.2) is 0 Å². The van der Waals surface area contributed by atoms with Gasteiger partial charge in [-0.2, -0.15) is 0 Å². The van der Waals surface area contributed by atoms with Crippen LogP contribution in [0.3, 0.4) is 0 Å². The Hall–Kier alpha value is -1.68. The van der Waals surface area contributed by atoms with Crippen LogP contribution in [0.5, 0.6) is 0 Å². The van der Waals surface area contributed by atoms with E-state index in [0.717, 1.165) is 11.3 Å². The normalized spacial score (nSPS) is 9.93. The number of methoxy groups -OCH3 is 1. The molecule has 0 radical (unpaired) electrons. The topological polar surface area (TPSA) is 39.2 Å². The Morgan fingerprint density at radius 1 is 1.33 bits per heavy atom. The zero-order valence-electron chi connectivity index (χ0n) is 8.14. The number of carbonyl (C=O) groups excluding carboxylic acids is 1. The molecule has 0 amide bonds. The quantitative estimate of drug-likeness (QED) is 0.729. The van der Waals surface area contributed by atoms with Crippen molar-refractivity contribution in [3.63, 3.8) is 0 Å². The van der Waals surface area contributed by atoms with Gasteiger partial charge >= 0.3 is 5.97 Å². The van der Waals surface area contributed by atoms with Crippen LogP contribution in [-0.2, 0) is 4.74 Å². The third-order valence-corrected chi connectivity index (χ3v) is 2.62. The molecular weight excluding hydrogens is 210 g/mol. The number of benzene rings is 1. The lowest BCUT2D eigenvalue weighted by atomic mass is 10.1. The van der Waals surface area contributed by atoms with Crippen LogP contribution in [0.15, 0.2) is 35.2 Å². The van der Waals surface area contributed by atoms with Gasteiger partial charge < -0.3 is 4.74 Å². The van der Waals surface area contributed by atoms with Gasteiger partial charge in [0, 0.05) is 10.9 Å². The third kappa shape index (κ3) is 2.05. The maximum atomic E-state index is 11.2. The first-order valence-electron chi connectivity index (χ1n) is 4.38. The van der Waals surface area contributed by atoms with Crippen molar-refractivity contribution in [2.45, 2.75) is 0 Å². The molecule has 1 heterocycles. The van der Waals surface area contributed by atoms with Crippen molar-refractivity contribution in [1.29, 1.82) is 0 Å². The van der Waals surface area contributed by atoms with E-state index in [9.17, 15) is 4.79 Å². The summed E-state index contributed by atoms with van der Waals surface area (Å²) in [5.41, 5.74) is 4.26. The zero-order chi connectivity index (χ0) is 10.7. The molecule has 0 fully saturated rings. The lowest BCUT2D eigenvalue weighted by molar-refractivity contribution is 0.0601. The molecule has 0 spiro atoms. The summed E-state index contributed by atoms with van der Waals surface area (Å²) in [4.78, 5) is 15.4. The number of hydrogen-bond donors (Lipinski definition) is 0. The molecule has 0 aliphatic heterocycles. The molecule has 0 aliphatic rings. The molecule has 0 N–H and O–H groups in total. The van der Waals surface area contributed by atoms with Crippen LogP contribution in [0, 0.1) is 0 Å². The van der Waals surface area contributed by atoms with Gasteiger partial charge in [0.05, 0.1) is 23.9 Å². The summed E-state index contributed by atoms with van der Waals surface area (Å²) in [5.74, 6) is -0.320. The molecule has 0 unspecified atom stereocenters. The molecule has 0 saturated carbocycles. The van der Waals surface area contributed by atoms with E-state index in [1.165, 1.54) is 7.11 Å². The summed E-state index contributed by atoms with van der Waals surface area (Å²) in [6, 6.07) is 7.20. The Morgan fingerprint density at radius 2 is 2.07 bits per heavy atom. The van der Waals surface area contributed by atoms with Crippen molar-refractivity contribution < 1.29 is 9.53 Å². The molecule has 2 aromatic rings.